The van der Waals surface area contributed by atoms with Crippen molar-refractivity contribution in [2.75, 3.05) is 38.3 Å². The predicted molar refractivity (Wildman–Crippen MR) is 99.4 cm³/mol. The first-order valence-corrected chi connectivity index (χ1v) is 9.35. The molecule has 2 aliphatic heterocycles. The summed E-state index contributed by atoms with van der Waals surface area (Å²) in [6.07, 6.45) is 1.09. The molecule has 2 unspecified atom stereocenters. The highest BCUT2D eigenvalue weighted by molar-refractivity contribution is 6.00. The number of rotatable bonds is 5. The Morgan fingerprint density at radius 1 is 1.39 bits per heavy atom. The lowest BCUT2D eigenvalue weighted by Crippen LogP contribution is -2.53. The molecule has 8 heteroatoms. The number of likely N-dealkylation sites (tertiary alicyclic amines) is 1. The van der Waals surface area contributed by atoms with Gasteiger partial charge in [0.25, 0.3) is 0 Å². The van der Waals surface area contributed by atoms with Crippen molar-refractivity contribution >= 4 is 23.5 Å². The first-order valence-electron chi connectivity index (χ1n) is 9.35. The Bertz CT molecular complexity index is 795. The molecule has 1 N–H and O–H groups in total. The molecule has 1 aromatic rings. The van der Waals surface area contributed by atoms with E-state index in [1.54, 1.807) is 17.9 Å². The van der Waals surface area contributed by atoms with Gasteiger partial charge in [0, 0.05) is 38.9 Å². The Hall–Kier alpha value is -2.48. The van der Waals surface area contributed by atoms with Crippen LogP contribution in [-0.2, 0) is 19.1 Å². The quantitative estimate of drug-likeness (QED) is 0.826. The van der Waals surface area contributed by atoms with Crippen molar-refractivity contribution in [1.82, 2.24) is 4.90 Å². The normalized spacial score (nSPS) is 25.2. The summed E-state index contributed by atoms with van der Waals surface area (Å²) in [7, 11) is 1.45. The third-order valence-corrected chi connectivity index (χ3v) is 5.69. The van der Waals surface area contributed by atoms with Crippen LogP contribution in [0.4, 0.5) is 10.1 Å². The summed E-state index contributed by atoms with van der Waals surface area (Å²) in [6.45, 7) is 2.42. The zero-order valence-corrected chi connectivity index (χ0v) is 16.1. The predicted octanol–water partition coefficient (Wildman–Crippen LogP) is 1.83. The van der Waals surface area contributed by atoms with E-state index in [9.17, 15) is 23.9 Å². The molecule has 28 heavy (non-hydrogen) atoms. The topological polar surface area (TPSA) is 87.1 Å². The number of amides is 2. The van der Waals surface area contributed by atoms with E-state index in [-0.39, 0.29) is 43.7 Å². The van der Waals surface area contributed by atoms with Crippen molar-refractivity contribution in [3.8, 4) is 0 Å². The highest BCUT2D eigenvalue weighted by Gasteiger charge is 2.46. The molecule has 7 nitrogen and oxygen atoms in total. The van der Waals surface area contributed by atoms with Crippen LogP contribution in [0.2, 0.25) is 0 Å². The zero-order chi connectivity index (χ0) is 20.5. The summed E-state index contributed by atoms with van der Waals surface area (Å²) in [6, 6.07) is 4.43. The van der Waals surface area contributed by atoms with E-state index in [2.05, 4.69) is 0 Å². The van der Waals surface area contributed by atoms with Crippen molar-refractivity contribution in [2.45, 2.75) is 26.2 Å². The van der Waals surface area contributed by atoms with Gasteiger partial charge < -0.3 is 19.6 Å². The molecule has 0 spiro atoms. The summed E-state index contributed by atoms with van der Waals surface area (Å²) in [5.41, 5.74) is -0.113. The average molecular weight is 392 g/mol. The number of carbonyl (C=O) groups is 3. The number of aryl methyl sites for hydroxylation is 1. The molecule has 3 rings (SSSR count). The molecule has 1 aromatic carbocycles. The first kappa shape index (κ1) is 20.3. The number of anilines is 1. The Kier molecular flexibility index (Phi) is 5.69. The van der Waals surface area contributed by atoms with Crippen molar-refractivity contribution in [1.29, 1.82) is 0 Å². The number of aliphatic carboxylic acids is 1. The number of methoxy groups -OCH3 is 1. The number of hydrogen-bond donors (Lipinski definition) is 1. The monoisotopic (exact) mass is 392 g/mol. The molecule has 2 fully saturated rings. The number of nitrogens with zero attached hydrogens (tertiary/aromatic N) is 2. The summed E-state index contributed by atoms with van der Waals surface area (Å²) >= 11 is 0. The fourth-order valence-electron chi connectivity index (χ4n) is 4.13. The smallest absolute Gasteiger partial charge is 0.313 e. The van der Waals surface area contributed by atoms with Crippen LogP contribution in [0.5, 0.6) is 0 Å². The Balaban J connectivity index is 1.73. The second-order valence-electron chi connectivity index (χ2n) is 7.72. The lowest BCUT2D eigenvalue weighted by molar-refractivity contribution is -0.160. The second kappa shape index (κ2) is 7.87. The van der Waals surface area contributed by atoms with Gasteiger partial charge in [-0.1, -0.05) is 0 Å². The van der Waals surface area contributed by atoms with E-state index in [1.165, 1.54) is 24.1 Å². The zero-order valence-electron chi connectivity index (χ0n) is 16.1. The van der Waals surface area contributed by atoms with Crippen LogP contribution in [0.1, 0.15) is 24.8 Å². The SMILES string of the molecule is COCC1(C(=O)O)CCCN(C(=O)C2CC(=O)N(c3ccc(F)c(C)c3)C2)C1. The average Bonchev–Trinajstić information content (AvgIpc) is 3.05. The fraction of sp³-hybridized carbons (Fsp3) is 0.550. The van der Waals surface area contributed by atoms with Gasteiger partial charge in [0.15, 0.2) is 0 Å². The molecule has 152 valence electrons. The molecule has 0 aromatic heterocycles. The number of carbonyl (C=O) groups excluding carboxylic acids is 2. The second-order valence-corrected chi connectivity index (χ2v) is 7.72. The summed E-state index contributed by atoms with van der Waals surface area (Å²) < 4.78 is 18.6. The van der Waals surface area contributed by atoms with Crippen LogP contribution < -0.4 is 4.90 Å². The Morgan fingerprint density at radius 3 is 2.79 bits per heavy atom. The Labute approximate surface area is 163 Å². The van der Waals surface area contributed by atoms with Gasteiger partial charge in [-0.3, -0.25) is 14.4 Å². The number of benzene rings is 1. The van der Waals surface area contributed by atoms with E-state index in [0.717, 1.165) is 0 Å². The Morgan fingerprint density at radius 2 is 2.14 bits per heavy atom. The first-order chi connectivity index (χ1) is 13.3. The van der Waals surface area contributed by atoms with Gasteiger partial charge in [0.05, 0.1) is 12.5 Å². The van der Waals surface area contributed by atoms with E-state index in [0.29, 0.717) is 30.6 Å². The molecule has 0 bridgehead atoms. The molecule has 2 amide bonds. The molecule has 2 heterocycles. The van der Waals surface area contributed by atoms with Gasteiger partial charge in [-0.25, -0.2) is 4.39 Å². The van der Waals surface area contributed by atoms with Crippen LogP contribution in [0.25, 0.3) is 0 Å². The number of halogens is 1. The largest absolute Gasteiger partial charge is 0.481 e. The molecule has 0 radical (unpaired) electrons. The minimum absolute atomic E-state index is 0.0384. The number of carboxylic acid groups (broad SMARTS) is 1. The molecule has 2 atom stereocenters. The molecule has 0 aliphatic carbocycles. The van der Waals surface area contributed by atoms with E-state index >= 15 is 0 Å². The van der Waals surface area contributed by atoms with Gasteiger partial charge in [-0.15, -0.1) is 0 Å². The molecule has 2 saturated heterocycles. The third-order valence-electron chi connectivity index (χ3n) is 5.69. The standard InChI is InChI=1S/C20H25FN2O5/c1-13-8-15(4-5-16(13)21)23-10-14(9-17(23)24)18(25)22-7-3-6-20(11-22,12-28-2)19(26)27/h4-5,8,14H,3,6-7,9-12H2,1-2H3,(H,26,27). The number of hydrogen-bond acceptors (Lipinski definition) is 4. The van der Waals surface area contributed by atoms with Crippen molar-refractivity contribution in [3.63, 3.8) is 0 Å². The van der Waals surface area contributed by atoms with Crippen LogP contribution in [-0.4, -0.2) is 61.1 Å². The molecular weight excluding hydrogens is 367 g/mol. The summed E-state index contributed by atoms with van der Waals surface area (Å²) in [5, 5.41) is 9.65. The summed E-state index contributed by atoms with van der Waals surface area (Å²) in [5.74, 6) is -2.26. The van der Waals surface area contributed by atoms with Gasteiger partial charge in [0.2, 0.25) is 11.8 Å². The highest BCUT2D eigenvalue weighted by atomic mass is 19.1. The van der Waals surface area contributed by atoms with E-state index < -0.39 is 17.3 Å². The van der Waals surface area contributed by atoms with E-state index in [4.69, 9.17) is 4.74 Å². The summed E-state index contributed by atoms with van der Waals surface area (Å²) in [4.78, 5) is 40.3. The minimum Gasteiger partial charge on any atom is -0.481 e. The molecule has 0 saturated carbocycles. The maximum absolute atomic E-state index is 13.5. The van der Waals surface area contributed by atoms with Crippen LogP contribution in [0, 0.1) is 24.1 Å². The van der Waals surface area contributed by atoms with Crippen LogP contribution in [0.3, 0.4) is 0 Å². The van der Waals surface area contributed by atoms with Crippen molar-refractivity contribution in [2.24, 2.45) is 11.3 Å². The highest BCUT2D eigenvalue weighted by Crippen LogP contribution is 2.33. The van der Waals surface area contributed by atoms with Crippen LogP contribution in [0.15, 0.2) is 18.2 Å². The maximum atomic E-state index is 13.5. The van der Waals surface area contributed by atoms with Gasteiger partial charge >= 0.3 is 5.97 Å². The van der Waals surface area contributed by atoms with Crippen molar-refractivity contribution < 1.29 is 28.6 Å². The van der Waals surface area contributed by atoms with Gasteiger partial charge in [0.1, 0.15) is 11.2 Å². The van der Waals surface area contributed by atoms with Gasteiger partial charge in [-0.2, -0.15) is 0 Å². The third kappa shape index (κ3) is 3.73. The lowest BCUT2D eigenvalue weighted by atomic mass is 9.80. The van der Waals surface area contributed by atoms with Crippen molar-refractivity contribution in [3.05, 3.63) is 29.6 Å². The number of ether oxygens (including phenoxy) is 1. The lowest BCUT2D eigenvalue weighted by Gasteiger charge is -2.40. The molecule has 2 aliphatic rings. The minimum atomic E-state index is -1.11. The maximum Gasteiger partial charge on any atom is 0.313 e. The number of carboxylic acids is 1. The molecular formula is C20H25FN2O5. The van der Waals surface area contributed by atoms with Crippen LogP contribution >= 0.6 is 0 Å². The number of piperidine rings is 1. The fourth-order valence-corrected chi connectivity index (χ4v) is 4.13. The van der Waals surface area contributed by atoms with E-state index in [1.807, 2.05) is 0 Å². The van der Waals surface area contributed by atoms with Gasteiger partial charge in [-0.05, 0) is 43.5 Å².